The van der Waals surface area contributed by atoms with Gasteiger partial charge in [0.1, 0.15) is 5.75 Å². The first kappa shape index (κ1) is 16.9. The van der Waals surface area contributed by atoms with Crippen molar-refractivity contribution >= 4 is 5.97 Å². The van der Waals surface area contributed by atoms with Crippen LogP contribution >= 0.6 is 0 Å². The normalized spacial score (nSPS) is 26.5. The van der Waals surface area contributed by atoms with E-state index in [2.05, 4.69) is 20.1 Å². The second-order valence-electron chi connectivity index (χ2n) is 7.09. The van der Waals surface area contributed by atoms with E-state index in [0.29, 0.717) is 24.5 Å². The molecule has 2 aliphatic carbocycles. The smallest absolute Gasteiger partial charge is 0.361 e. The van der Waals surface area contributed by atoms with Crippen LogP contribution in [0.3, 0.4) is 0 Å². The van der Waals surface area contributed by atoms with Crippen molar-refractivity contribution in [2.24, 2.45) is 5.41 Å². The van der Waals surface area contributed by atoms with Gasteiger partial charge in [-0.2, -0.15) is 0 Å². The Morgan fingerprint density at radius 1 is 1.23 bits per heavy atom. The number of methoxy groups -OCH3 is 1. The summed E-state index contributed by atoms with van der Waals surface area (Å²) in [4.78, 5) is 11.6. The molecule has 0 saturated heterocycles. The van der Waals surface area contributed by atoms with E-state index in [1.807, 2.05) is 12.1 Å². The van der Waals surface area contributed by atoms with Crippen LogP contribution in [0.15, 0.2) is 24.3 Å². The Balaban J connectivity index is 1.40. The quantitative estimate of drug-likeness (QED) is 0.829. The highest BCUT2D eigenvalue weighted by Gasteiger charge is 2.70. The molecule has 0 amide bonds. The fourth-order valence-electron chi connectivity index (χ4n) is 3.87. The minimum Gasteiger partial charge on any atom is -0.464 e. The van der Waals surface area contributed by atoms with E-state index in [9.17, 15) is 13.6 Å². The maximum atomic E-state index is 13.5. The molecule has 2 aromatic rings. The van der Waals surface area contributed by atoms with Crippen molar-refractivity contribution in [3.63, 3.8) is 0 Å². The summed E-state index contributed by atoms with van der Waals surface area (Å²) in [5.74, 6) is -2.22. The van der Waals surface area contributed by atoms with Gasteiger partial charge in [-0.1, -0.05) is 22.4 Å². The van der Waals surface area contributed by atoms with E-state index < -0.39 is 17.3 Å². The van der Waals surface area contributed by atoms with Crippen molar-refractivity contribution in [2.45, 2.75) is 43.9 Å². The van der Waals surface area contributed by atoms with Crippen LogP contribution < -0.4 is 4.74 Å². The average molecular weight is 363 g/mol. The molecule has 2 aliphatic rings. The molecule has 8 heteroatoms. The molecule has 2 fully saturated rings. The Kier molecular flexibility index (Phi) is 3.93. The number of hydrogen-bond acceptors (Lipinski definition) is 5. The summed E-state index contributed by atoms with van der Waals surface area (Å²) in [7, 11) is 1.26. The molecule has 6 nitrogen and oxygen atoms in total. The molecular weight excluding hydrogens is 344 g/mol. The van der Waals surface area contributed by atoms with Crippen molar-refractivity contribution in [3.8, 4) is 11.6 Å². The number of carbonyl (C=O) groups excluding carboxylic acids is 1. The number of esters is 1. The number of hydrogen-bond donors (Lipinski definition) is 1. The van der Waals surface area contributed by atoms with Crippen LogP contribution in [0.25, 0.3) is 0 Å². The second kappa shape index (κ2) is 6.03. The average Bonchev–Trinajstić information content (AvgIpc) is 2.97. The molecule has 138 valence electrons. The molecule has 26 heavy (non-hydrogen) atoms. The predicted octanol–water partition coefficient (Wildman–Crippen LogP) is 4.07. The third kappa shape index (κ3) is 2.83. The maximum absolute atomic E-state index is 13.5. The van der Waals surface area contributed by atoms with Crippen LogP contribution in [0.2, 0.25) is 0 Å². The third-order valence-electron chi connectivity index (χ3n) is 5.63. The van der Waals surface area contributed by atoms with Gasteiger partial charge in [-0.05, 0) is 49.3 Å². The predicted molar refractivity (Wildman–Crippen MR) is 87.4 cm³/mol. The van der Waals surface area contributed by atoms with E-state index >= 15 is 0 Å². The van der Waals surface area contributed by atoms with Gasteiger partial charge in [-0.3, -0.25) is 0 Å². The van der Waals surface area contributed by atoms with E-state index in [1.54, 1.807) is 12.1 Å². The molecule has 0 atom stereocenters. The standard InChI is InChI=1S/C18H19F2N3O3/c1-25-16(24)14-15(22-23-21-14)26-13-4-2-11(3-5-13)12-6-8-17(9-7-12)10-18(17,19)20/h2-5,12H,6-10H2,1H3,(H,21,22,23). The molecule has 1 aromatic carbocycles. The van der Waals surface area contributed by atoms with Crippen molar-refractivity contribution in [1.82, 2.24) is 15.4 Å². The summed E-state index contributed by atoms with van der Waals surface area (Å²) in [5.41, 5.74) is 0.438. The highest BCUT2D eigenvalue weighted by Crippen LogP contribution is 2.68. The number of nitrogens with one attached hydrogen (secondary N) is 1. The molecule has 1 aromatic heterocycles. The van der Waals surface area contributed by atoms with Crippen molar-refractivity contribution in [3.05, 3.63) is 35.5 Å². The Morgan fingerprint density at radius 2 is 1.88 bits per heavy atom. The molecular formula is C18H19F2N3O3. The van der Waals surface area contributed by atoms with Gasteiger partial charge in [0.15, 0.2) is 0 Å². The van der Waals surface area contributed by atoms with Gasteiger partial charge in [-0.25, -0.2) is 18.7 Å². The summed E-state index contributed by atoms with van der Waals surface area (Å²) in [6, 6.07) is 7.42. The SMILES string of the molecule is COC(=O)c1[nH]nnc1Oc1ccc(C2CCC3(CC2)CC3(F)F)cc1. The monoisotopic (exact) mass is 363 g/mol. The lowest BCUT2D eigenvalue weighted by Crippen LogP contribution is -2.19. The largest absolute Gasteiger partial charge is 0.464 e. The minimum atomic E-state index is -2.45. The number of H-pyrrole nitrogens is 1. The number of ether oxygens (including phenoxy) is 2. The Labute approximate surface area is 148 Å². The van der Waals surface area contributed by atoms with Crippen molar-refractivity contribution < 1.29 is 23.0 Å². The number of halogens is 2. The van der Waals surface area contributed by atoms with Crippen LogP contribution in [-0.4, -0.2) is 34.4 Å². The van der Waals surface area contributed by atoms with E-state index in [-0.39, 0.29) is 18.0 Å². The summed E-state index contributed by atoms with van der Waals surface area (Å²) in [6.07, 6.45) is 2.80. The number of rotatable bonds is 4. The summed E-state index contributed by atoms with van der Waals surface area (Å²) < 4.78 is 37.2. The van der Waals surface area contributed by atoms with Gasteiger partial charge in [0.2, 0.25) is 5.69 Å². The number of nitrogens with zero attached hydrogens (tertiary/aromatic N) is 2. The molecule has 0 radical (unpaired) electrons. The molecule has 1 spiro atoms. The highest BCUT2D eigenvalue weighted by atomic mass is 19.3. The van der Waals surface area contributed by atoms with Crippen LogP contribution in [0.5, 0.6) is 11.6 Å². The molecule has 0 aliphatic heterocycles. The van der Waals surface area contributed by atoms with E-state index in [4.69, 9.17) is 4.74 Å². The van der Waals surface area contributed by atoms with Gasteiger partial charge in [0.05, 0.1) is 7.11 Å². The maximum Gasteiger partial charge on any atom is 0.361 e. The topological polar surface area (TPSA) is 77.1 Å². The molecule has 1 N–H and O–H groups in total. The van der Waals surface area contributed by atoms with Gasteiger partial charge in [-0.15, -0.1) is 0 Å². The van der Waals surface area contributed by atoms with Crippen molar-refractivity contribution in [2.75, 3.05) is 7.11 Å². The van der Waals surface area contributed by atoms with Crippen molar-refractivity contribution in [1.29, 1.82) is 0 Å². The second-order valence-corrected chi connectivity index (χ2v) is 7.09. The zero-order valence-electron chi connectivity index (χ0n) is 14.3. The van der Waals surface area contributed by atoms with Crippen LogP contribution in [0.1, 0.15) is 54.1 Å². The summed E-state index contributed by atoms with van der Waals surface area (Å²) in [5, 5.41) is 9.72. The summed E-state index contributed by atoms with van der Waals surface area (Å²) >= 11 is 0. The van der Waals surface area contributed by atoms with Crippen LogP contribution in [0.4, 0.5) is 8.78 Å². The highest BCUT2D eigenvalue weighted by molar-refractivity contribution is 5.89. The molecule has 0 unspecified atom stereocenters. The first-order chi connectivity index (χ1) is 12.4. The summed E-state index contributed by atoms with van der Waals surface area (Å²) in [6.45, 7) is 0. The van der Waals surface area contributed by atoms with E-state index in [0.717, 1.165) is 18.4 Å². The molecule has 1 heterocycles. The van der Waals surface area contributed by atoms with Crippen LogP contribution in [0, 0.1) is 5.41 Å². The van der Waals surface area contributed by atoms with Gasteiger partial charge in [0.25, 0.3) is 11.8 Å². The minimum absolute atomic E-state index is 0.0412. The Morgan fingerprint density at radius 3 is 2.46 bits per heavy atom. The van der Waals surface area contributed by atoms with E-state index in [1.165, 1.54) is 7.11 Å². The zero-order chi connectivity index (χ0) is 18.4. The third-order valence-corrected chi connectivity index (χ3v) is 5.63. The molecule has 4 rings (SSSR count). The first-order valence-electron chi connectivity index (χ1n) is 8.59. The lowest BCUT2D eigenvalue weighted by molar-refractivity contribution is 0.0455. The first-order valence-corrected chi connectivity index (χ1v) is 8.59. The molecule has 0 bridgehead atoms. The lowest BCUT2D eigenvalue weighted by atomic mass is 9.76. The number of alkyl halides is 2. The fourth-order valence-corrected chi connectivity index (χ4v) is 3.87. The number of aromatic nitrogens is 3. The number of aromatic amines is 1. The fraction of sp³-hybridized carbons (Fsp3) is 0.500. The van der Waals surface area contributed by atoms with Gasteiger partial charge >= 0.3 is 5.97 Å². The lowest BCUT2D eigenvalue weighted by Gasteiger charge is -2.29. The van der Waals surface area contributed by atoms with Gasteiger partial charge < -0.3 is 9.47 Å². The zero-order valence-corrected chi connectivity index (χ0v) is 14.3. The van der Waals surface area contributed by atoms with Gasteiger partial charge in [0, 0.05) is 11.8 Å². The Hall–Kier alpha value is -2.51. The molecule has 2 saturated carbocycles. The number of carbonyl (C=O) groups is 1. The number of benzene rings is 1. The van der Waals surface area contributed by atoms with Crippen LogP contribution in [-0.2, 0) is 4.74 Å². The Bertz CT molecular complexity index is 811.